The van der Waals surface area contributed by atoms with Crippen molar-refractivity contribution >= 4 is 6.29 Å². The Morgan fingerprint density at radius 2 is 1.84 bits per heavy atom. The smallest absolute Gasteiger partial charge is 0.126 e. The van der Waals surface area contributed by atoms with Crippen molar-refractivity contribution < 1.29 is 14.3 Å². The Morgan fingerprint density at radius 1 is 1.12 bits per heavy atom. The molecule has 2 unspecified atom stereocenters. The molecule has 0 aliphatic carbocycles. The normalized spacial score (nSPS) is 19.0. The van der Waals surface area contributed by atoms with Crippen LogP contribution in [0.15, 0.2) is 30.3 Å². The van der Waals surface area contributed by atoms with Gasteiger partial charge in [-0.1, -0.05) is 30.3 Å². The summed E-state index contributed by atoms with van der Waals surface area (Å²) in [4.78, 5) is 11.0. The van der Waals surface area contributed by atoms with E-state index in [1.54, 1.807) is 0 Å². The van der Waals surface area contributed by atoms with Crippen LogP contribution in [0.25, 0.3) is 0 Å². The summed E-state index contributed by atoms with van der Waals surface area (Å²) >= 11 is 0. The minimum Gasteiger partial charge on any atom is -0.490 e. The summed E-state index contributed by atoms with van der Waals surface area (Å²) in [5, 5.41) is 0. The molecule has 3 nitrogen and oxygen atoms in total. The van der Waals surface area contributed by atoms with E-state index >= 15 is 0 Å². The third-order valence-electron chi connectivity index (χ3n) is 5.37. The van der Waals surface area contributed by atoms with Crippen LogP contribution < -0.4 is 9.47 Å². The van der Waals surface area contributed by atoms with Gasteiger partial charge in [-0.15, -0.1) is 0 Å². The fourth-order valence-corrected chi connectivity index (χ4v) is 3.62. The summed E-state index contributed by atoms with van der Waals surface area (Å²) in [7, 11) is 0. The highest BCUT2D eigenvalue weighted by Gasteiger charge is 2.31. The van der Waals surface area contributed by atoms with Gasteiger partial charge in [0.15, 0.2) is 0 Å². The van der Waals surface area contributed by atoms with E-state index in [4.69, 9.17) is 9.47 Å². The molecule has 3 heteroatoms. The molecule has 0 saturated carbocycles. The summed E-state index contributed by atoms with van der Waals surface area (Å²) in [5.41, 5.74) is 5.75. The van der Waals surface area contributed by atoms with Gasteiger partial charge >= 0.3 is 0 Å². The van der Waals surface area contributed by atoms with E-state index < -0.39 is 0 Å². The number of rotatable bonds is 5. The lowest BCUT2D eigenvalue weighted by Gasteiger charge is -2.34. The lowest BCUT2D eigenvalue weighted by Crippen LogP contribution is -2.31. The number of carbonyl (C=O) groups is 1. The molecule has 1 aliphatic rings. The number of carbonyl (C=O) groups excluding carboxylic acids is 1. The van der Waals surface area contributed by atoms with Crippen LogP contribution in [-0.4, -0.2) is 12.4 Å². The maximum absolute atomic E-state index is 11.0. The van der Waals surface area contributed by atoms with Crippen LogP contribution in [0.5, 0.6) is 11.5 Å². The Hall–Kier alpha value is -2.29. The fraction of sp³-hybridized carbons (Fsp3) is 0.409. The van der Waals surface area contributed by atoms with Crippen LogP contribution in [0.2, 0.25) is 0 Å². The van der Waals surface area contributed by atoms with E-state index in [0.29, 0.717) is 13.0 Å². The van der Waals surface area contributed by atoms with E-state index in [2.05, 4.69) is 39.8 Å². The molecule has 3 rings (SSSR count). The Kier molecular flexibility index (Phi) is 5.12. The highest BCUT2D eigenvalue weighted by molar-refractivity contribution is 5.59. The second-order valence-electron chi connectivity index (χ2n) is 6.98. The lowest BCUT2D eigenvalue weighted by molar-refractivity contribution is -0.109. The summed E-state index contributed by atoms with van der Waals surface area (Å²) in [6, 6.07) is 10.2. The van der Waals surface area contributed by atoms with E-state index in [1.165, 1.54) is 5.56 Å². The Morgan fingerprint density at radius 3 is 2.52 bits per heavy atom. The molecule has 2 atom stereocenters. The van der Waals surface area contributed by atoms with Crippen molar-refractivity contribution in [1.82, 2.24) is 0 Å². The predicted molar refractivity (Wildman–Crippen MR) is 99.4 cm³/mol. The van der Waals surface area contributed by atoms with Gasteiger partial charge in [0, 0.05) is 17.9 Å². The molecule has 25 heavy (non-hydrogen) atoms. The van der Waals surface area contributed by atoms with Crippen LogP contribution in [0, 0.1) is 26.7 Å². The fourth-order valence-electron chi connectivity index (χ4n) is 3.62. The minimum absolute atomic E-state index is 0.0614. The SMILES string of the molecule is Cc1c(C)c2c(c(C)c1OCc1ccccc1)CC(CC=O)C(C)O2. The monoisotopic (exact) mass is 338 g/mol. The number of fused-ring (bicyclic) bond motifs is 1. The lowest BCUT2D eigenvalue weighted by atomic mass is 9.84. The molecule has 132 valence electrons. The van der Waals surface area contributed by atoms with Crippen molar-refractivity contribution in [2.45, 2.75) is 53.2 Å². The van der Waals surface area contributed by atoms with Gasteiger partial charge in [-0.25, -0.2) is 0 Å². The van der Waals surface area contributed by atoms with Gasteiger partial charge in [0.05, 0.1) is 6.10 Å². The van der Waals surface area contributed by atoms with Gasteiger partial charge < -0.3 is 14.3 Å². The molecule has 0 fully saturated rings. The standard InChI is InChI=1S/C22H26O3/c1-14-15(2)22-20(12-19(10-11-23)17(4)25-22)16(3)21(14)24-13-18-8-6-5-7-9-18/h5-9,11,17,19H,10,12-13H2,1-4H3. The zero-order valence-electron chi connectivity index (χ0n) is 15.5. The third-order valence-corrected chi connectivity index (χ3v) is 5.37. The second-order valence-corrected chi connectivity index (χ2v) is 6.98. The van der Waals surface area contributed by atoms with Gasteiger partial charge in [0.1, 0.15) is 24.4 Å². The number of aldehydes is 1. The van der Waals surface area contributed by atoms with E-state index in [9.17, 15) is 4.79 Å². The molecule has 0 N–H and O–H groups in total. The molecule has 0 aromatic heterocycles. The minimum atomic E-state index is 0.0614. The average molecular weight is 338 g/mol. The molecule has 1 aliphatic heterocycles. The Bertz CT molecular complexity index is 765. The van der Waals surface area contributed by atoms with Gasteiger partial charge in [-0.2, -0.15) is 0 Å². The van der Waals surface area contributed by atoms with Crippen molar-refractivity contribution in [2.75, 3.05) is 0 Å². The molecular formula is C22H26O3. The molecule has 0 spiro atoms. The quantitative estimate of drug-likeness (QED) is 0.740. The highest BCUT2D eigenvalue weighted by atomic mass is 16.5. The van der Waals surface area contributed by atoms with E-state index in [-0.39, 0.29) is 12.0 Å². The average Bonchev–Trinajstić information content (AvgIpc) is 2.62. The zero-order chi connectivity index (χ0) is 18.0. The van der Waals surface area contributed by atoms with Crippen LogP contribution in [0.3, 0.4) is 0 Å². The van der Waals surface area contributed by atoms with Crippen LogP contribution >= 0.6 is 0 Å². The second kappa shape index (κ2) is 7.30. The first-order valence-corrected chi connectivity index (χ1v) is 8.92. The number of ether oxygens (including phenoxy) is 2. The van der Waals surface area contributed by atoms with Crippen LogP contribution in [0.4, 0.5) is 0 Å². The van der Waals surface area contributed by atoms with Crippen molar-refractivity contribution in [3.63, 3.8) is 0 Å². The molecule has 0 radical (unpaired) electrons. The molecular weight excluding hydrogens is 312 g/mol. The summed E-state index contributed by atoms with van der Waals surface area (Å²) < 4.78 is 12.4. The predicted octanol–water partition coefficient (Wildman–Crippen LogP) is 4.72. The first-order chi connectivity index (χ1) is 12.0. The van der Waals surface area contributed by atoms with Gasteiger partial charge in [0.2, 0.25) is 0 Å². The molecule has 0 bridgehead atoms. The van der Waals surface area contributed by atoms with Crippen LogP contribution in [-0.2, 0) is 17.8 Å². The highest BCUT2D eigenvalue weighted by Crippen LogP contribution is 2.43. The van der Waals surface area contributed by atoms with Gasteiger partial charge in [-0.05, 0) is 56.4 Å². The van der Waals surface area contributed by atoms with Gasteiger partial charge in [-0.3, -0.25) is 0 Å². The third kappa shape index (κ3) is 3.41. The van der Waals surface area contributed by atoms with Crippen molar-refractivity contribution in [2.24, 2.45) is 5.92 Å². The molecule has 1 heterocycles. The largest absolute Gasteiger partial charge is 0.490 e. The first-order valence-electron chi connectivity index (χ1n) is 8.92. The maximum atomic E-state index is 11.0. The number of hydrogen-bond acceptors (Lipinski definition) is 3. The topological polar surface area (TPSA) is 35.5 Å². The van der Waals surface area contributed by atoms with Crippen molar-refractivity contribution in [3.05, 3.63) is 58.1 Å². The zero-order valence-corrected chi connectivity index (χ0v) is 15.5. The van der Waals surface area contributed by atoms with Gasteiger partial charge in [0.25, 0.3) is 0 Å². The summed E-state index contributed by atoms with van der Waals surface area (Å²) in [6.07, 6.45) is 2.46. The Balaban J connectivity index is 1.94. The van der Waals surface area contributed by atoms with E-state index in [1.807, 2.05) is 18.2 Å². The van der Waals surface area contributed by atoms with Crippen LogP contribution in [0.1, 0.15) is 41.2 Å². The number of hydrogen-bond donors (Lipinski definition) is 0. The molecule has 0 amide bonds. The Labute approximate surface area is 150 Å². The van der Waals surface area contributed by atoms with Crippen molar-refractivity contribution in [1.29, 1.82) is 0 Å². The summed E-state index contributed by atoms with van der Waals surface area (Å²) in [5.74, 6) is 2.16. The first kappa shape index (κ1) is 17.5. The van der Waals surface area contributed by atoms with E-state index in [0.717, 1.165) is 46.5 Å². The molecule has 0 saturated heterocycles. The summed E-state index contributed by atoms with van der Waals surface area (Å²) in [6.45, 7) is 8.89. The number of benzene rings is 2. The molecule has 2 aromatic carbocycles. The van der Waals surface area contributed by atoms with Crippen molar-refractivity contribution in [3.8, 4) is 11.5 Å². The molecule has 2 aromatic rings. The maximum Gasteiger partial charge on any atom is 0.126 e.